The monoisotopic (exact) mass is 191 g/mol. The zero-order valence-electron chi connectivity index (χ0n) is 7.04. The number of amides is 1. The Hall–Kier alpha value is -0.600. The summed E-state index contributed by atoms with van der Waals surface area (Å²) in [4.78, 5) is 19.2. The van der Waals surface area contributed by atoms with E-state index in [0.29, 0.717) is 6.54 Å². The molecule has 0 rings (SSSR count). The van der Waals surface area contributed by atoms with Crippen molar-refractivity contribution in [3.63, 3.8) is 0 Å². The molecule has 0 heterocycles. The van der Waals surface area contributed by atoms with Gasteiger partial charge in [0.15, 0.2) is 8.03 Å². The Morgan fingerprint density at radius 3 is 2.83 bits per heavy atom. The molecule has 0 fully saturated rings. The third kappa shape index (κ3) is 6.13. The molecule has 4 nitrogen and oxygen atoms in total. The molecular formula is C7H14NO3P. The van der Waals surface area contributed by atoms with Crippen molar-refractivity contribution in [3.05, 3.63) is 12.7 Å². The highest BCUT2D eigenvalue weighted by Gasteiger charge is 2.05. The predicted molar refractivity (Wildman–Crippen MR) is 48.5 cm³/mol. The number of carbonyl (C=O) groups is 1. The third-order valence-electron chi connectivity index (χ3n) is 1.33. The summed E-state index contributed by atoms with van der Waals surface area (Å²) in [7, 11) is -2.41. The fourth-order valence-corrected chi connectivity index (χ4v) is 1.46. The van der Waals surface area contributed by atoms with Crippen LogP contribution in [0, 0.1) is 5.92 Å². The van der Waals surface area contributed by atoms with E-state index < -0.39 is 8.03 Å². The fraction of sp³-hybridized carbons (Fsp3) is 0.571. The average Bonchev–Trinajstić information content (AvgIpc) is 1.99. The average molecular weight is 191 g/mol. The topological polar surface area (TPSA) is 66.4 Å². The maximum Gasteiger partial charge on any atom is 0.243 e. The van der Waals surface area contributed by atoms with Crippen molar-refractivity contribution in [1.29, 1.82) is 0 Å². The van der Waals surface area contributed by atoms with Crippen LogP contribution in [0.4, 0.5) is 0 Å². The lowest BCUT2D eigenvalue weighted by Gasteiger charge is -2.08. The summed E-state index contributed by atoms with van der Waals surface area (Å²) in [6, 6.07) is 0. The molecule has 0 spiro atoms. The summed E-state index contributed by atoms with van der Waals surface area (Å²) in [5.74, 6) is -0.218. The highest BCUT2D eigenvalue weighted by atomic mass is 31.1. The fourth-order valence-electron chi connectivity index (χ4n) is 0.717. The van der Waals surface area contributed by atoms with Crippen LogP contribution in [0.15, 0.2) is 12.7 Å². The van der Waals surface area contributed by atoms with Gasteiger partial charge in [-0.25, -0.2) is 0 Å². The SMILES string of the molecule is C=CC(=O)NCC(C)C[PH](=O)O. The number of hydrogen-bond donors (Lipinski definition) is 2. The van der Waals surface area contributed by atoms with Gasteiger partial charge in [0.05, 0.1) is 0 Å². The van der Waals surface area contributed by atoms with E-state index in [9.17, 15) is 9.36 Å². The largest absolute Gasteiger partial charge is 0.352 e. The first-order valence-electron chi connectivity index (χ1n) is 3.68. The zero-order chi connectivity index (χ0) is 9.56. The third-order valence-corrected chi connectivity index (χ3v) is 2.38. The quantitative estimate of drug-likeness (QED) is 0.488. The van der Waals surface area contributed by atoms with Gasteiger partial charge >= 0.3 is 0 Å². The summed E-state index contributed by atoms with van der Waals surface area (Å²) in [6.07, 6.45) is 1.43. The smallest absolute Gasteiger partial charge is 0.243 e. The van der Waals surface area contributed by atoms with E-state index in [4.69, 9.17) is 4.89 Å². The van der Waals surface area contributed by atoms with E-state index in [1.54, 1.807) is 0 Å². The van der Waals surface area contributed by atoms with Gasteiger partial charge < -0.3 is 10.2 Å². The summed E-state index contributed by atoms with van der Waals surface area (Å²) >= 11 is 0. The molecule has 2 N–H and O–H groups in total. The van der Waals surface area contributed by atoms with Crippen LogP contribution in [0.3, 0.4) is 0 Å². The van der Waals surface area contributed by atoms with Crippen molar-refractivity contribution >= 4 is 13.9 Å². The Bertz CT molecular complexity index is 193. The molecule has 70 valence electrons. The molecule has 12 heavy (non-hydrogen) atoms. The standard InChI is InChI=1S/C7H14NO3P/c1-3-7(9)8-4-6(2)5-12(10)11/h3,6,12H,1,4-5H2,2H3,(H,8,9)(H,10,11). The summed E-state index contributed by atoms with van der Waals surface area (Å²) in [6.45, 7) is 5.51. The highest BCUT2D eigenvalue weighted by molar-refractivity contribution is 7.38. The van der Waals surface area contributed by atoms with E-state index in [1.165, 1.54) is 6.08 Å². The van der Waals surface area contributed by atoms with Crippen molar-refractivity contribution in [2.24, 2.45) is 5.92 Å². The van der Waals surface area contributed by atoms with Gasteiger partial charge in [-0.3, -0.25) is 9.36 Å². The molecule has 0 saturated carbocycles. The molecule has 2 unspecified atom stereocenters. The van der Waals surface area contributed by atoms with Crippen LogP contribution >= 0.6 is 8.03 Å². The van der Waals surface area contributed by atoms with E-state index in [2.05, 4.69) is 11.9 Å². The van der Waals surface area contributed by atoms with Gasteiger partial charge in [0, 0.05) is 12.7 Å². The van der Waals surface area contributed by atoms with Gasteiger partial charge in [-0.15, -0.1) is 0 Å². The van der Waals surface area contributed by atoms with Crippen LogP contribution < -0.4 is 5.32 Å². The van der Waals surface area contributed by atoms with Gasteiger partial charge in [-0.2, -0.15) is 0 Å². The Morgan fingerprint density at radius 2 is 2.42 bits per heavy atom. The highest BCUT2D eigenvalue weighted by Crippen LogP contribution is 2.16. The minimum atomic E-state index is -2.41. The Kier molecular flexibility index (Phi) is 5.68. The number of rotatable bonds is 5. The van der Waals surface area contributed by atoms with Crippen LogP contribution in [-0.2, 0) is 9.36 Å². The first-order chi connectivity index (χ1) is 5.56. The molecule has 5 heteroatoms. The Labute approximate surface area is 72.5 Å². The predicted octanol–water partition coefficient (Wildman–Crippen LogP) is 0.392. The maximum atomic E-state index is 10.6. The van der Waals surface area contributed by atoms with Crippen LogP contribution in [0.2, 0.25) is 0 Å². The van der Waals surface area contributed by atoms with Gasteiger partial charge in [-0.1, -0.05) is 13.5 Å². The van der Waals surface area contributed by atoms with Crippen molar-refractivity contribution in [1.82, 2.24) is 5.32 Å². The molecule has 0 radical (unpaired) electrons. The molecule has 0 bridgehead atoms. The lowest BCUT2D eigenvalue weighted by molar-refractivity contribution is -0.116. The number of carbonyl (C=O) groups excluding carboxylic acids is 1. The van der Waals surface area contributed by atoms with Crippen molar-refractivity contribution < 1.29 is 14.3 Å². The number of hydrogen-bond acceptors (Lipinski definition) is 2. The summed E-state index contributed by atoms with van der Waals surface area (Å²) < 4.78 is 10.4. The molecule has 0 aliphatic rings. The van der Waals surface area contributed by atoms with E-state index >= 15 is 0 Å². The summed E-state index contributed by atoms with van der Waals surface area (Å²) in [5.41, 5.74) is 0. The van der Waals surface area contributed by atoms with Crippen LogP contribution in [0.25, 0.3) is 0 Å². The second kappa shape index (κ2) is 5.98. The van der Waals surface area contributed by atoms with Crippen LogP contribution in [-0.4, -0.2) is 23.5 Å². The van der Waals surface area contributed by atoms with Gasteiger partial charge in [-0.05, 0) is 12.0 Å². The molecule has 1 amide bonds. The van der Waals surface area contributed by atoms with Crippen molar-refractivity contribution in [2.45, 2.75) is 6.92 Å². The van der Waals surface area contributed by atoms with Crippen LogP contribution in [0.5, 0.6) is 0 Å². The van der Waals surface area contributed by atoms with Crippen molar-refractivity contribution in [2.75, 3.05) is 12.7 Å². The minimum absolute atomic E-state index is 0.0327. The lowest BCUT2D eigenvalue weighted by Crippen LogP contribution is -2.27. The van der Waals surface area contributed by atoms with E-state index in [0.717, 1.165) is 0 Å². The molecule has 0 aliphatic heterocycles. The van der Waals surface area contributed by atoms with Gasteiger partial charge in [0.25, 0.3) is 0 Å². The van der Waals surface area contributed by atoms with Crippen LogP contribution in [0.1, 0.15) is 6.92 Å². The van der Waals surface area contributed by atoms with Gasteiger partial charge in [0.2, 0.25) is 5.91 Å². The molecule has 0 aromatic heterocycles. The van der Waals surface area contributed by atoms with Gasteiger partial charge in [0.1, 0.15) is 0 Å². The van der Waals surface area contributed by atoms with Crippen molar-refractivity contribution in [3.8, 4) is 0 Å². The molecular weight excluding hydrogens is 177 g/mol. The second-order valence-electron chi connectivity index (χ2n) is 2.65. The zero-order valence-corrected chi connectivity index (χ0v) is 8.04. The maximum absolute atomic E-state index is 10.6. The minimum Gasteiger partial charge on any atom is -0.352 e. The molecule has 0 aliphatic carbocycles. The molecule has 2 atom stereocenters. The summed E-state index contributed by atoms with van der Waals surface area (Å²) in [5, 5.41) is 2.55. The lowest BCUT2D eigenvalue weighted by atomic mass is 10.2. The first-order valence-corrected chi connectivity index (χ1v) is 5.24. The normalized spacial score (nSPS) is 14.8. The second-order valence-corrected chi connectivity index (χ2v) is 3.85. The Morgan fingerprint density at radius 1 is 1.83 bits per heavy atom. The van der Waals surface area contributed by atoms with E-state index in [1.807, 2.05) is 6.92 Å². The molecule has 0 saturated heterocycles. The molecule has 0 aromatic rings. The molecule has 0 aromatic carbocycles. The number of nitrogens with one attached hydrogen (secondary N) is 1. The Balaban J connectivity index is 3.56. The first kappa shape index (κ1) is 11.4. The van der Waals surface area contributed by atoms with E-state index in [-0.39, 0.29) is 18.0 Å².